The van der Waals surface area contributed by atoms with Crippen molar-refractivity contribution in [2.45, 2.75) is 13.0 Å². The molecule has 0 saturated carbocycles. The maximum absolute atomic E-state index is 8.81. The maximum Gasteiger partial charge on any atom is 0.182 e. The molecule has 80 valence electrons. The summed E-state index contributed by atoms with van der Waals surface area (Å²) in [5.41, 5.74) is 0.336. The molecule has 0 aliphatic carbocycles. The molecule has 0 aliphatic heterocycles. The Morgan fingerprint density at radius 3 is 2.73 bits per heavy atom. The van der Waals surface area contributed by atoms with Gasteiger partial charge in [0.05, 0.1) is 0 Å². The van der Waals surface area contributed by atoms with E-state index in [2.05, 4.69) is 20.2 Å². The molecular formula is C10H15N5. The fourth-order valence-corrected chi connectivity index (χ4v) is 1.35. The number of anilines is 1. The lowest BCUT2D eigenvalue weighted by atomic mass is 10.3. The molecule has 1 atom stereocenters. The van der Waals surface area contributed by atoms with Crippen LogP contribution in [0.25, 0.3) is 0 Å². The Morgan fingerprint density at radius 1 is 1.47 bits per heavy atom. The zero-order chi connectivity index (χ0) is 11.3. The first-order valence-corrected chi connectivity index (χ1v) is 4.76. The van der Waals surface area contributed by atoms with E-state index in [1.54, 1.807) is 6.20 Å². The molecule has 0 bridgehead atoms. The van der Waals surface area contributed by atoms with Crippen LogP contribution in [0.5, 0.6) is 0 Å². The van der Waals surface area contributed by atoms with E-state index in [4.69, 9.17) is 5.26 Å². The number of likely N-dealkylation sites (N-methyl/N-ethyl adjacent to an activating group) is 1. The van der Waals surface area contributed by atoms with Gasteiger partial charge >= 0.3 is 0 Å². The molecule has 5 heteroatoms. The zero-order valence-corrected chi connectivity index (χ0v) is 9.23. The van der Waals surface area contributed by atoms with Gasteiger partial charge in [0.2, 0.25) is 0 Å². The highest BCUT2D eigenvalue weighted by Gasteiger charge is 2.08. The van der Waals surface area contributed by atoms with Crippen LogP contribution in [0.4, 0.5) is 5.82 Å². The highest BCUT2D eigenvalue weighted by Crippen LogP contribution is 2.08. The van der Waals surface area contributed by atoms with Crippen molar-refractivity contribution in [2.75, 3.05) is 26.0 Å². The van der Waals surface area contributed by atoms with Crippen LogP contribution in [-0.4, -0.2) is 41.5 Å². The van der Waals surface area contributed by atoms with Gasteiger partial charge in [-0.25, -0.2) is 9.97 Å². The molecule has 0 saturated heterocycles. The second-order valence-electron chi connectivity index (χ2n) is 3.67. The number of nitrogens with zero attached hydrogens (tertiary/aromatic N) is 4. The van der Waals surface area contributed by atoms with Gasteiger partial charge < -0.3 is 10.2 Å². The summed E-state index contributed by atoms with van der Waals surface area (Å²) in [6.45, 7) is 2.91. The molecule has 5 nitrogen and oxygen atoms in total. The number of hydrogen-bond donors (Lipinski definition) is 1. The predicted octanol–water partition coefficient (Wildman–Crippen LogP) is 0.710. The topological polar surface area (TPSA) is 64.8 Å². The number of nitrogens with one attached hydrogen (secondary N) is 1. The van der Waals surface area contributed by atoms with E-state index in [1.807, 2.05) is 27.1 Å². The minimum absolute atomic E-state index is 0.226. The summed E-state index contributed by atoms with van der Waals surface area (Å²) in [6, 6.07) is 2.23. The van der Waals surface area contributed by atoms with Crippen LogP contribution in [0.3, 0.4) is 0 Å². The van der Waals surface area contributed by atoms with E-state index in [0.717, 1.165) is 6.54 Å². The molecule has 0 spiro atoms. The summed E-state index contributed by atoms with van der Waals surface area (Å²) in [7, 11) is 4.00. The highest BCUT2D eigenvalue weighted by atomic mass is 15.1. The lowest BCUT2D eigenvalue weighted by Gasteiger charge is -2.18. The van der Waals surface area contributed by atoms with Crippen LogP contribution in [-0.2, 0) is 0 Å². The van der Waals surface area contributed by atoms with Gasteiger partial charge in [-0.3, -0.25) is 0 Å². The minimum Gasteiger partial charge on any atom is -0.364 e. The predicted molar refractivity (Wildman–Crippen MR) is 58.4 cm³/mol. The number of nitriles is 1. The van der Waals surface area contributed by atoms with Gasteiger partial charge in [-0.1, -0.05) is 0 Å². The largest absolute Gasteiger partial charge is 0.364 e. The highest BCUT2D eigenvalue weighted by molar-refractivity contribution is 5.47. The Bertz CT molecular complexity index is 355. The van der Waals surface area contributed by atoms with Crippen molar-refractivity contribution in [1.29, 1.82) is 5.26 Å². The molecule has 1 heterocycles. The number of aromatic nitrogens is 2. The minimum atomic E-state index is 0.226. The molecule has 15 heavy (non-hydrogen) atoms. The van der Waals surface area contributed by atoms with Crippen LogP contribution in [0, 0.1) is 11.3 Å². The average Bonchev–Trinajstić information content (AvgIpc) is 2.17. The third kappa shape index (κ3) is 3.52. The fourth-order valence-electron chi connectivity index (χ4n) is 1.35. The second kappa shape index (κ2) is 5.27. The molecule has 1 aromatic rings. The van der Waals surface area contributed by atoms with Gasteiger partial charge in [0.15, 0.2) is 11.5 Å². The summed E-state index contributed by atoms with van der Waals surface area (Å²) >= 11 is 0. The number of hydrogen-bond acceptors (Lipinski definition) is 5. The number of rotatable bonds is 4. The van der Waals surface area contributed by atoms with Crippen molar-refractivity contribution >= 4 is 5.82 Å². The molecule has 1 rings (SSSR count). The summed E-state index contributed by atoms with van der Waals surface area (Å²) in [5.74, 6) is 0.550. The van der Waals surface area contributed by atoms with E-state index in [1.165, 1.54) is 6.20 Å². The first-order chi connectivity index (χ1) is 7.13. The van der Waals surface area contributed by atoms with Crippen molar-refractivity contribution < 1.29 is 0 Å². The molecular weight excluding hydrogens is 190 g/mol. The Balaban J connectivity index is 2.68. The van der Waals surface area contributed by atoms with Crippen LogP contribution in [0.15, 0.2) is 12.4 Å². The molecule has 0 radical (unpaired) electrons. The third-order valence-corrected chi connectivity index (χ3v) is 1.83. The van der Waals surface area contributed by atoms with Gasteiger partial charge in [0, 0.05) is 25.0 Å². The molecule has 1 N–H and O–H groups in total. The molecule has 1 unspecified atom stereocenters. The molecule has 0 amide bonds. The third-order valence-electron chi connectivity index (χ3n) is 1.83. The quantitative estimate of drug-likeness (QED) is 0.784. The van der Waals surface area contributed by atoms with Crippen molar-refractivity contribution in [3.63, 3.8) is 0 Å². The summed E-state index contributed by atoms with van der Waals surface area (Å²) in [4.78, 5) is 10.1. The molecule has 0 fully saturated rings. The smallest absolute Gasteiger partial charge is 0.182 e. The Kier molecular flexibility index (Phi) is 4.01. The Hall–Kier alpha value is -1.67. The van der Waals surface area contributed by atoms with E-state index in [9.17, 15) is 0 Å². The van der Waals surface area contributed by atoms with Gasteiger partial charge in [-0.05, 0) is 21.0 Å². The summed E-state index contributed by atoms with van der Waals surface area (Å²) in [5, 5.41) is 12.0. The standard InChI is InChI=1S/C10H15N5/c1-8(7-15(2)3)14-10-9(6-11)12-4-5-13-10/h4-5,8H,7H2,1-3H3,(H,13,14). The second-order valence-corrected chi connectivity index (χ2v) is 3.67. The van der Waals surface area contributed by atoms with Gasteiger partial charge in [0.25, 0.3) is 0 Å². The fraction of sp³-hybridized carbons (Fsp3) is 0.500. The van der Waals surface area contributed by atoms with Gasteiger partial charge in [0.1, 0.15) is 6.07 Å². The van der Waals surface area contributed by atoms with Crippen molar-refractivity contribution in [2.24, 2.45) is 0 Å². The van der Waals surface area contributed by atoms with E-state index >= 15 is 0 Å². The molecule has 0 aromatic carbocycles. The first kappa shape index (κ1) is 11.4. The van der Waals surface area contributed by atoms with E-state index < -0.39 is 0 Å². The zero-order valence-electron chi connectivity index (χ0n) is 9.23. The lowest BCUT2D eigenvalue weighted by Crippen LogP contribution is -2.30. The van der Waals surface area contributed by atoms with Gasteiger partial charge in [-0.2, -0.15) is 5.26 Å². The SMILES string of the molecule is CC(CN(C)C)Nc1nccnc1C#N. The summed E-state index contributed by atoms with van der Waals surface area (Å²) in [6.07, 6.45) is 3.09. The van der Waals surface area contributed by atoms with Crippen LogP contribution < -0.4 is 5.32 Å². The summed E-state index contributed by atoms with van der Waals surface area (Å²) < 4.78 is 0. The molecule has 1 aromatic heterocycles. The van der Waals surface area contributed by atoms with Crippen LogP contribution in [0.2, 0.25) is 0 Å². The van der Waals surface area contributed by atoms with Crippen molar-refractivity contribution in [3.05, 3.63) is 18.1 Å². The first-order valence-electron chi connectivity index (χ1n) is 4.76. The molecule has 0 aliphatic rings. The average molecular weight is 205 g/mol. The van der Waals surface area contributed by atoms with E-state index in [0.29, 0.717) is 11.5 Å². The van der Waals surface area contributed by atoms with E-state index in [-0.39, 0.29) is 6.04 Å². The van der Waals surface area contributed by atoms with Crippen molar-refractivity contribution in [1.82, 2.24) is 14.9 Å². The lowest BCUT2D eigenvalue weighted by molar-refractivity contribution is 0.392. The monoisotopic (exact) mass is 205 g/mol. The van der Waals surface area contributed by atoms with Gasteiger partial charge in [-0.15, -0.1) is 0 Å². The van der Waals surface area contributed by atoms with Crippen molar-refractivity contribution in [3.8, 4) is 6.07 Å². The Labute approximate surface area is 89.8 Å². The van der Waals surface area contributed by atoms with Crippen LogP contribution >= 0.6 is 0 Å². The van der Waals surface area contributed by atoms with Crippen LogP contribution in [0.1, 0.15) is 12.6 Å². The Morgan fingerprint density at radius 2 is 2.13 bits per heavy atom. The maximum atomic E-state index is 8.81. The normalized spacial score (nSPS) is 12.2.